The summed E-state index contributed by atoms with van der Waals surface area (Å²) >= 11 is 0. The third kappa shape index (κ3) is 3.53. The minimum Gasteiger partial charge on any atom is -0.495 e. The lowest BCUT2D eigenvalue weighted by atomic mass is 10.1. The molecule has 0 bridgehead atoms. The van der Waals surface area contributed by atoms with Crippen molar-refractivity contribution in [3.63, 3.8) is 0 Å². The lowest BCUT2D eigenvalue weighted by Crippen LogP contribution is -2.26. The highest BCUT2D eigenvalue weighted by Gasteiger charge is 2.25. The molecule has 2 rings (SSSR count). The zero-order valence-corrected chi connectivity index (χ0v) is 12.5. The predicted octanol–water partition coefficient (Wildman–Crippen LogP) is 2.27. The summed E-state index contributed by atoms with van der Waals surface area (Å²) in [5.74, 6) is 7.18. The maximum atomic E-state index is 8.83. The van der Waals surface area contributed by atoms with Gasteiger partial charge in [-0.3, -0.25) is 4.90 Å². The molecular formula is C17H23NO2. The molecule has 1 aliphatic heterocycles. The molecule has 108 valence electrons. The highest BCUT2D eigenvalue weighted by Crippen LogP contribution is 2.26. The van der Waals surface area contributed by atoms with Crippen LogP contribution in [0, 0.1) is 17.8 Å². The van der Waals surface area contributed by atoms with Gasteiger partial charge < -0.3 is 9.84 Å². The molecule has 1 aliphatic rings. The highest BCUT2D eigenvalue weighted by molar-refractivity contribution is 5.48. The smallest absolute Gasteiger partial charge is 0.134 e. The third-order valence-corrected chi connectivity index (χ3v) is 3.86. The van der Waals surface area contributed by atoms with E-state index in [9.17, 15) is 0 Å². The third-order valence-electron chi connectivity index (χ3n) is 3.86. The Morgan fingerprint density at radius 3 is 2.80 bits per heavy atom. The van der Waals surface area contributed by atoms with Gasteiger partial charge in [0.15, 0.2) is 0 Å². The fraction of sp³-hybridized carbons (Fsp3) is 0.529. The molecule has 1 heterocycles. The van der Waals surface area contributed by atoms with E-state index in [0.717, 1.165) is 30.3 Å². The fourth-order valence-electron chi connectivity index (χ4n) is 2.93. The van der Waals surface area contributed by atoms with E-state index in [1.165, 1.54) is 12.0 Å². The molecule has 1 saturated heterocycles. The summed E-state index contributed by atoms with van der Waals surface area (Å²) in [4.78, 5) is 2.51. The van der Waals surface area contributed by atoms with Gasteiger partial charge in [0.2, 0.25) is 0 Å². The molecule has 1 aromatic rings. The summed E-state index contributed by atoms with van der Waals surface area (Å²) in [6.07, 6.45) is 1.27. The number of aliphatic hydroxyl groups is 1. The first-order valence-corrected chi connectivity index (χ1v) is 7.14. The lowest BCUT2D eigenvalue weighted by Gasteiger charge is -2.21. The van der Waals surface area contributed by atoms with Crippen LogP contribution in [-0.2, 0) is 6.54 Å². The van der Waals surface area contributed by atoms with E-state index in [1.54, 1.807) is 7.11 Å². The van der Waals surface area contributed by atoms with Gasteiger partial charge in [-0.15, -0.1) is 0 Å². The molecule has 1 N–H and O–H groups in total. The molecule has 1 aromatic carbocycles. The highest BCUT2D eigenvalue weighted by atomic mass is 16.5. The molecule has 0 aromatic heterocycles. The van der Waals surface area contributed by atoms with Crippen molar-refractivity contribution in [3.8, 4) is 17.6 Å². The number of nitrogens with zero attached hydrogens (tertiary/aromatic N) is 1. The predicted molar refractivity (Wildman–Crippen MR) is 80.6 cm³/mol. The molecule has 20 heavy (non-hydrogen) atoms. The van der Waals surface area contributed by atoms with E-state index in [0.29, 0.717) is 6.04 Å². The van der Waals surface area contributed by atoms with E-state index < -0.39 is 0 Å². The largest absolute Gasteiger partial charge is 0.495 e. The van der Waals surface area contributed by atoms with Gasteiger partial charge in [-0.05, 0) is 37.0 Å². The SMILES string of the molecule is COc1ccc(CN2CC(C)CC2C)cc1C#CCO. The second kappa shape index (κ2) is 6.78. The number of benzene rings is 1. The van der Waals surface area contributed by atoms with Crippen LogP contribution in [0.4, 0.5) is 0 Å². The molecule has 0 radical (unpaired) electrons. The summed E-state index contributed by atoms with van der Waals surface area (Å²) in [6, 6.07) is 6.76. The second-order valence-electron chi connectivity index (χ2n) is 5.61. The van der Waals surface area contributed by atoms with Crippen molar-refractivity contribution in [3.05, 3.63) is 29.3 Å². The van der Waals surface area contributed by atoms with Crippen molar-refractivity contribution in [1.82, 2.24) is 4.90 Å². The van der Waals surface area contributed by atoms with Crippen molar-refractivity contribution >= 4 is 0 Å². The van der Waals surface area contributed by atoms with Crippen LogP contribution >= 0.6 is 0 Å². The van der Waals surface area contributed by atoms with E-state index in [4.69, 9.17) is 9.84 Å². The summed E-state index contributed by atoms with van der Waals surface area (Å²) in [7, 11) is 1.64. The van der Waals surface area contributed by atoms with Crippen molar-refractivity contribution < 1.29 is 9.84 Å². The van der Waals surface area contributed by atoms with Crippen LogP contribution in [0.3, 0.4) is 0 Å². The normalized spacial score (nSPS) is 22.4. The molecule has 0 saturated carbocycles. The number of likely N-dealkylation sites (tertiary alicyclic amines) is 1. The standard InChI is InChI=1S/C17H23NO2/c1-13-9-14(2)18(11-13)12-15-6-7-17(20-3)16(10-15)5-4-8-19/h6-7,10,13-14,19H,8-9,11-12H2,1-3H3. The maximum absolute atomic E-state index is 8.83. The van der Waals surface area contributed by atoms with E-state index in [2.05, 4.69) is 42.7 Å². The number of rotatable bonds is 3. The van der Waals surface area contributed by atoms with Crippen LogP contribution in [0.25, 0.3) is 0 Å². The molecule has 2 unspecified atom stereocenters. The summed E-state index contributed by atoms with van der Waals surface area (Å²) in [6.45, 7) is 6.57. The van der Waals surface area contributed by atoms with Crippen molar-refractivity contribution in [1.29, 1.82) is 0 Å². The fourth-order valence-corrected chi connectivity index (χ4v) is 2.93. The minimum atomic E-state index is -0.131. The van der Waals surface area contributed by atoms with Gasteiger partial charge in [0.1, 0.15) is 12.4 Å². The molecule has 2 atom stereocenters. The molecule has 0 aliphatic carbocycles. The van der Waals surface area contributed by atoms with Crippen LogP contribution in [0.15, 0.2) is 18.2 Å². The van der Waals surface area contributed by atoms with Gasteiger partial charge in [-0.25, -0.2) is 0 Å². The number of methoxy groups -OCH3 is 1. The topological polar surface area (TPSA) is 32.7 Å². The minimum absolute atomic E-state index is 0.131. The van der Waals surface area contributed by atoms with Crippen LogP contribution < -0.4 is 4.74 Å². The monoisotopic (exact) mass is 273 g/mol. The Labute approximate surface area is 121 Å². The summed E-state index contributed by atoms with van der Waals surface area (Å²) < 4.78 is 5.31. The number of aliphatic hydroxyl groups excluding tert-OH is 1. The average molecular weight is 273 g/mol. The molecular weight excluding hydrogens is 250 g/mol. The Morgan fingerprint density at radius 1 is 1.40 bits per heavy atom. The van der Waals surface area contributed by atoms with Gasteiger partial charge in [0, 0.05) is 19.1 Å². The van der Waals surface area contributed by atoms with Crippen molar-refractivity contribution in [2.75, 3.05) is 20.3 Å². The second-order valence-corrected chi connectivity index (χ2v) is 5.61. The first-order valence-electron chi connectivity index (χ1n) is 7.14. The number of ether oxygens (including phenoxy) is 1. The van der Waals surface area contributed by atoms with Crippen LogP contribution in [0.5, 0.6) is 5.75 Å². The van der Waals surface area contributed by atoms with Gasteiger partial charge in [0.05, 0.1) is 12.7 Å². The van der Waals surface area contributed by atoms with E-state index in [1.807, 2.05) is 6.07 Å². The maximum Gasteiger partial charge on any atom is 0.134 e. The van der Waals surface area contributed by atoms with Crippen molar-refractivity contribution in [2.24, 2.45) is 5.92 Å². The average Bonchev–Trinajstić information content (AvgIpc) is 2.75. The molecule has 0 spiro atoms. The number of hydrogen-bond acceptors (Lipinski definition) is 3. The van der Waals surface area contributed by atoms with Crippen molar-refractivity contribution in [2.45, 2.75) is 32.9 Å². The molecule has 0 amide bonds. The summed E-state index contributed by atoms with van der Waals surface area (Å²) in [5.41, 5.74) is 2.09. The lowest BCUT2D eigenvalue weighted by molar-refractivity contribution is 0.256. The number of hydrogen-bond donors (Lipinski definition) is 1. The van der Waals surface area contributed by atoms with Gasteiger partial charge >= 0.3 is 0 Å². The van der Waals surface area contributed by atoms with Gasteiger partial charge in [-0.1, -0.05) is 24.8 Å². The first kappa shape index (κ1) is 14.9. The zero-order valence-electron chi connectivity index (χ0n) is 12.5. The van der Waals surface area contributed by atoms with E-state index >= 15 is 0 Å². The summed E-state index contributed by atoms with van der Waals surface area (Å²) in [5, 5.41) is 8.83. The van der Waals surface area contributed by atoms with Gasteiger partial charge in [0.25, 0.3) is 0 Å². The Bertz CT molecular complexity index is 515. The quantitative estimate of drug-likeness (QED) is 0.858. The zero-order chi connectivity index (χ0) is 14.5. The van der Waals surface area contributed by atoms with E-state index in [-0.39, 0.29) is 6.61 Å². The Balaban J connectivity index is 2.16. The van der Waals surface area contributed by atoms with Crippen LogP contribution in [0.2, 0.25) is 0 Å². The Kier molecular flexibility index (Phi) is 5.05. The molecule has 1 fully saturated rings. The molecule has 3 nitrogen and oxygen atoms in total. The van der Waals surface area contributed by atoms with Gasteiger partial charge in [-0.2, -0.15) is 0 Å². The van der Waals surface area contributed by atoms with Crippen LogP contribution in [-0.4, -0.2) is 36.3 Å². The molecule has 3 heteroatoms. The Hall–Kier alpha value is -1.50. The van der Waals surface area contributed by atoms with Crippen LogP contribution in [0.1, 0.15) is 31.4 Å². The Morgan fingerprint density at radius 2 is 2.20 bits per heavy atom. The first-order chi connectivity index (χ1) is 9.63.